The van der Waals surface area contributed by atoms with Crippen molar-refractivity contribution in [2.24, 2.45) is 0 Å². The third kappa shape index (κ3) is 6.83. The Morgan fingerprint density at radius 1 is 1.13 bits per heavy atom. The Balaban J connectivity index is 1.46. The smallest absolute Gasteiger partial charge is 0.338 e. The monoisotopic (exact) mass is 652 g/mol. The molecular weight excluding hydrogens is 639 g/mol. The number of anilines is 1. The molecule has 0 spiro atoms. The van der Waals surface area contributed by atoms with Gasteiger partial charge in [0, 0.05) is 27.9 Å². The molecular formula is C24H15BrCl2N4O5S2. The van der Waals surface area contributed by atoms with Crippen molar-refractivity contribution in [1.82, 2.24) is 10.4 Å². The number of non-ortho nitro benzene ring substituents is 1. The summed E-state index contributed by atoms with van der Waals surface area (Å²) in [4.78, 5) is 36.1. The number of rotatable bonds is 7. The van der Waals surface area contributed by atoms with Gasteiger partial charge in [-0.3, -0.25) is 14.9 Å². The maximum Gasteiger partial charge on any atom is 0.338 e. The number of urea groups is 1. The molecule has 0 aliphatic carbocycles. The summed E-state index contributed by atoms with van der Waals surface area (Å²) in [6, 6.07) is 15.1. The zero-order chi connectivity index (χ0) is 27.4. The summed E-state index contributed by atoms with van der Waals surface area (Å²) in [6.07, 6.45) is 1.60. The van der Waals surface area contributed by atoms with E-state index in [-0.39, 0.29) is 26.5 Å². The summed E-state index contributed by atoms with van der Waals surface area (Å²) < 4.78 is 6.81. The van der Waals surface area contributed by atoms with Crippen LogP contribution in [0.3, 0.4) is 0 Å². The van der Waals surface area contributed by atoms with E-state index in [0.29, 0.717) is 22.0 Å². The van der Waals surface area contributed by atoms with Crippen LogP contribution in [0.5, 0.6) is 5.75 Å². The van der Waals surface area contributed by atoms with E-state index >= 15 is 0 Å². The molecule has 0 bridgehead atoms. The van der Waals surface area contributed by atoms with Gasteiger partial charge in [-0.25, -0.2) is 10.2 Å². The topological polar surface area (TPSA) is 114 Å². The van der Waals surface area contributed by atoms with Crippen LogP contribution in [-0.4, -0.2) is 26.2 Å². The van der Waals surface area contributed by atoms with Crippen molar-refractivity contribution in [1.29, 1.82) is 0 Å². The van der Waals surface area contributed by atoms with Gasteiger partial charge in [0.1, 0.15) is 12.4 Å². The second-order valence-electron chi connectivity index (χ2n) is 7.61. The predicted molar refractivity (Wildman–Crippen MR) is 155 cm³/mol. The van der Waals surface area contributed by atoms with Crippen LogP contribution < -0.4 is 15.5 Å². The highest BCUT2D eigenvalue weighted by Gasteiger charge is 2.34. The number of nitro benzene ring substituents is 1. The minimum atomic E-state index is -0.699. The van der Waals surface area contributed by atoms with Gasteiger partial charge < -0.3 is 10.1 Å². The van der Waals surface area contributed by atoms with Crippen molar-refractivity contribution in [3.05, 3.63) is 101 Å². The van der Waals surface area contributed by atoms with E-state index in [1.54, 1.807) is 42.5 Å². The zero-order valence-corrected chi connectivity index (χ0v) is 23.7. The molecule has 194 valence electrons. The summed E-state index contributed by atoms with van der Waals surface area (Å²) in [6.45, 7) is 0.151. The Morgan fingerprint density at radius 2 is 1.87 bits per heavy atom. The number of thioether (sulfide) groups is 1. The SMILES string of the molecule is O=C(Nc1ccc(Cl)c(Cl)c1)NN1C(=O)/C(=C/c2cc(Br)ccc2OCc2ccc([N+](=O)[O-])cc2)SC1=S. The fourth-order valence-electron chi connectivity index (χ4n) is 3.18. The number of carbonyl (C=O) groups excluding carboxylic acids is 2. The van der Waals surface area contributed by atoms with Gasteiger partial charge in [-0.05, 0) is 72.4 Å². The van der Waals surface area contributed by atoms with E-state index in [4.69, 9.17) is 40.2 Å². The van der Waals surface area contributed by atoms with Crippen molar-refractivity contribution in [2.75, 3.05) is 5.32 Å². The molecule has 4 rings (SSSR count). The number of hydrogen-bond donors (Lipinski definition) is 2. The molecule has 3 amide bonds. The van der Waals surface area contributed by atoms with Crippen LogP contribution in [0.25, 0.3) is 6.08 Å². The first-order valence-corrected chi connectivity index (χ1v) is 13.3. The molecule has 1 fully saturated rings. The van der Waals surface area contributed by atoms with E-state index in [9.17, 15) is 19.7 Å². The van der Waals surface area contributed by atoms with Crippen molar-refractivity contribution in [3.8, 4) is 5.75 Å². The largest absolute Gasteiger partial charge is 0.488 e. The standard InChI is InChI=1S/C24H15BrCl2N4O5S2/c25-15-3-8-20(36-12-13-1-5-17(6-2-13)31(34)35)14(9-15)10-21-22(32)30(24(37)38-21)29-23(33)28-16-4-7-18(26)19(27)11-16/h1-11H,12H2,(H2,28,29,33)/b21-10-. The molecule has 14 heteroatoms. The number of amides is 3. The van der Waals surface area contributed by atoms with Crippen LogP contribution >= 0.6 is 63.1 Å². The number of ether oxygens (including phenoxy) is 1. The van der Waals surface area contributed by atoms with Crippen LogP contribution in [0.15, 0.2) is 70.0 Å². The van der Waals surface area contributed by atoms with Crippen molar-refractivity contribution < 1.29 is 19.2 Å². The van der Waals surface area contributed by atoms with Crippen LogP contribution in [0, 0.1) is 10.1 Å². The molecule has 1 saturated heterocycles. The Kier molecular flexibility index (Phi) is 8.90. The molecule has 3 aromatic rings. The average Bonchev–Trinajstić information content (AvgIpc) is 3.13. The zero-order valence-electron chi connectivity index (χ0n) is 18.9. The summed E-state index contributed by atoms with van der Waals surface area (Å²) in [5.74, 6) is -0.0484. The number of hydrogen-bond acceptors (Lipinski definition) is 7. The van der Waals surface area contributed by atoms with Gasteiger partial charge in [0.05, 0.1) is 19.9 Å². The lowest BCUT2D eigenvalue weighted by Gasteiger charge is -2.16. The summed E-state index contributed by atoms with van der Waals surface area (Å²) in [5, 5.41) is 15.0. The number of hydrazine groups is 1. The molecule has 3 aromatic carbocycles. The number of nitro groups is 1. The Hall–Kier alpha value is -3.16. The summed E-state index contributed by atoms with van der Waals surface area (Å²) in [5.41, 5.74) is 4.11. The fraction of sp³-hybridized carbons (Fsp3) is 0.0417. The fourth-order valence-corrected chi connectivity index (χ4v) is 5.03. The van der Waals surface area contributed by atoms with Gasteiger partial charge in [0.15, 0.2) is 4.32 Å². The first-order valence-electron chi connectivity index (χ1n) is 10.6. The number of nitrogens with one attached hydrogen (secondary N) is 2. The second-order valence-corrected chi connectivity index (χ2v) is 11.0. The minimum Gasteiger partial charge on any atom is -0.488 e. The molecule has 2 N–H and O–H groups in total. The molecule has 0 saturated carbocycles. The number of nitrogens with zero attached hydrogens (tertiary/aromatic N) is 2. The van der Waals surface area contributed by atoms with Gasteiger partial charge in [-0.2, -0.15) is 5.01 Å². The molecule has 1 heterocycles. The first kappa shape index (κ1) is 27.9. The van der Waals surface area contributed by atoms with Crippen LogP contribution in [0.4, 0.5) is 16.2 Å². The van der Waals surface area contributed by atoms with Gasteiger partial charge in [-0.15, -0.1) is 0 Å². The highest BCUT2D eigenvalue weighted by Crippen LogP contribution is 2.35. The number of thiocarbonyl (C=S) groups is 1. The van der Waals surface area contributed by atoms with Crippen LogP contribution in [0.1, 0.15) is 11.1 Å². The molecule has 0 atom stereocenters. The van der Waals surface area contributed by atoms with Gasteiger partial charge in [-0.1, -0.05) is 50.9 Å². The third-order valence-corrected chi connectivity index (χ3v) is 7.52. The number of benzene rings is 3. The number of carbonyl (C=O) groups is 2. The lowest BCUT2D eigenvalue weighted by atomic mass is 10.1. The third-order valence-electron chi connectivity index (χ3n) is 4.98. The summed E-state index contributed by atoms with van der Waals surface area (Å²) >= 11 is 21.6. The van der Waals surface area contributed by atoms with Gasteiger partial charge in [0.2, 0.25) is 0 Å². The maximum atomic E-state index is 13.0. The average molecular weight is 654 g/mol. The first-order chi connectivity index (χ1) is 18.1. The molecule has 9 nitrogen and oxygen atoms in total. The Labute approximate surface area is 244 Å². The van der Waals surface area contributed by atoms with E-state index in [1.807, 2.05) is 0 Å². The molecule has 0 radical (unpaired) electrons. The molecule has 0 aromatic heterocycles. The highest BCUT2D eigenvalue weighted by molar-refractivity contribution is 9.10. The molecule has 38 heavy (non-hydrogen) atoms. The van der Waals surface area contributed by atoms with Crippen LogP contribution in [-0.2, 0) is 11.4 Å². The lowest BCUT2D eigenvalue weighted by Crippen LogP contribution is -2.46. The summed E-state index contributed by atoms with van der Waals surface area (Å²) in [7, 11) is 0. The van der Waals surface area contributed by atoms with Crippen molar-refractivity contribution >= 4 is 96.8 Å². The van der Waals surface area contributed by atoms with Gasteiger partial charge >= 0.3 is 6.03 Å². The molecule has 1 aliphatic heterocycles. The lowest BCUT2D eigenvalue weighted by molar-refractivity contribution is -0.384. The quantitative estimate of drug-likeness (QED) is 0.120. The van der Waals surface area contributed by atoms with E-state index in [2.05, 4.69) is 26.7 Å². The number of halogens is 3. The van der Waals surface area contributed by atoms with Crippen molar-refractivity contribution in [3.63, 3.8) is 0 Å². The second kappa shape index (κ2) is 12.1. The predicted octanol–water partition coefficient (Wildman–Crippen LogP) is 7.18. The maximum absolute atomic E-state index is 13.0. The normalized spacial score (nSPS) is 14.1. The van der Waals surface area contributed by atoms with E-state index in [0.717, 1.165) is 26.8 Å². The van der Waals surface area contributed by atoms with Crippen LogP contribution in [0.2, 0.25) is 10.0 Å². The molecule has 1 aliphatic rings. The minimum absolute atomic E-state index is 0.0145. The van der Waals surface area contributed by atoms with E-state index in [1.165, 1.54) is 24.3 Å². The highest BCUT2D eigenvalue weighted by atomic mass is 79.9. The van der Waals surface area contributed by atoms with Gasteiger partial charge in [0.25, 0.3) is 11.6 Å². The molecule has 0 unspecified atom stereocenters. The van der Waals surface area contributed by atoms with Crippen molar-refractivity contribution in [2.45, 2.75) is 6.61 Å². The Morgan fingerprint density at radius 3 is 2.55 bits per heavy atom. The van der Waals surface area contributed by atoms with E-state index < -0.39 is 16.9 Å². The Bertz CT molecular complexity index is 1490.